The van der Waals surface area contributed by atoms with E-state index in [0.717, 1.165) is 9.35 Å². The first-order valence-electron chi connectivity index (χ1n) is 5.96. The number of ether oxygens (including phenoxy) is 1. The van der Waals surface area contributed by atoms with Crippen molar-refractivity contribution in [1.82, 2.24) is 4.72 Å². The lowest BCUT2D eigenvalue weighted by Crippen LogP contribution is -2.23. The Kier molecular flexibility index (Phi) is 5.39. The van der Waals surface area contributed by atoms with Gasteiger partial charge in [0.25, 0.3) is 0 Å². The van der Waals surface area contributed by atoms with Crippen LogP contribution in [0.1, 0.15) is 10.4 Å². The van der Waals surface area contributed by atoms with Crippen molar-refractivity contribution >= 4 is 37.3 Å². The van der Waals surface area contributed by atoms with Gasteiger partial charge >= 0.3 is 0 Å². The van der Waals surface area contributed by atoms with Crippen molar-refractivity contribution in [2.45, 2.75) is 18.0 Å². The Morgan fingerprint density at radius 1 is 1.38 bits per heavy atom. The van der Waals surface area contributed by atoms with Gasteiger partial charge in [-0.1, -0.05) is 6.07 Å². The average Bonchev–Trinajstić information content (AvgIpc) is 2.90. The van der Waals surface area contributed by atoms with Crippen molar-refractivity contribution < 1.29 is 18.3 Å². The number of methoxy groups -OCH3 is 1. The van der Waals surface area contributed by atoms with Gasteiger partial charge in [0.15, 0.2) is 0 Å². The molecule has 8 heteroatoms. The van der Waals surface area contributed by atoms with E-state index in [1.807, 2.05) is 11.4 Å². The van der Waals surface area contributed by atoms with Crippen molar-refractivity contribution in [3.8, 4) is 5.75 Å². The molecule has 0 unspecified atom stereocenters. The van der Waals surface area contributed by atoms with Gasteiger partial charge in [0.2, 0.25) is 10.0 Å². The van der Waals surface area contributed by atoms with Crippen molar-refractivity contribution in [2.24, 2.45) is 0 Å². The highest BCUT2D eigenvalue weighted by atomic mass is 79.9. The number of sulfonamides is 1. The summed E-state index contributed by atoms with van der Waals surface area (Å²) in [5.41, 5.74) is 0.591. The van der Waals surface area contributed by atoms with Crippen molar-refractivity contribution in [2.75, 3.05) is 7.11 Å². The SMILES string of the molecule is COc1cc(CO)ccc1S(=O)(=O)NCc1cc(Br)cs1. The number of benzene rings is 1. The number of hydrogen-bond acceptors (Lipinski definition) is 5. The van der Waals surface area contributed by atoms with E-state index >= 15 is 0 Å². The topological polar surface area (TPSA) is 75.6 Å². The van der Waals surface area contributed by atoms with Crippen LogP contribution in [0.25, 0.3) is 0 Å². The Hall–Kier alpha value is -0.930. The second kappa shape index (κ2) is 6.89. The van der Waals surface area contributed by atoms with Gasteiger partial charge in [-0.15, -0.1) is 11.3 Å². The number of aliphatic hydroxyl groups excluding tert-OH is 1. The van der Waals surface area contributed by atoms with Crippen LogP contribution in [0, 0.1) is 0 Å². The van der Waals surface area contributed by atoms with Gasteiger partial charge in [0.05, 0.1) is 13.7 Å². The monoisotopic (exact) mass is 391 g/mol. The molecule has 0 aliphatic carbocycles. The molecule has 5 nitrogen and oxygen atoms in total. The van der Waals surface area contributed by atoms with Gasteiger partial charge in [0, 0.05) is 21.3 Å². The highest BCUT2D eigenvalue weighted by molar-refractivity contribution is 9.10. The van der Waals surface area contributed by atoms with E-state index in [9.17, 15) is 8.42 Å². The third-order valence-electron chi connectivity index (χ3n) is 2.76. The van der Waals surface area contributed by atoms with Gasteiger partial charge < -0.3 is 9.84 Å². The Bertz CT molecular complexity index is 728. The number of hydrogen-bond donors (Lipinski definition) is 2. The van der Waals surface area contributed by atoms with E-state index in [-0.39, 0.29) is 23.8 Å². The summed E-state index contributed by atoms with van der Waals surface area (Å²) in [5.74, 6) is 0.210. The van der Waals surface area contributed by atoms with E-state index in [1.54, 1.807) is 6.07 Å². The molecule has 0 aliphatic rings. The highest BCUT2D eigenvalue weighted by Gasteiger charge is 2.19. The third-order valence-corrected chi connectivity index (χ3v) is 5.90. The van der Waals surface area contributed by atoms with Crippen LogP contribution >= 0.6 is 27.3 Å². The zero-order chi connectivity index (χ0) is 15.5. The van der Waals surface area contributed by atoms with Gasteiger partial charge in [-0.2, -0.15) is 0 Å². The van der Waals surface area contributed by atoms with Crippen LogP contribution in [0.15, 0.2) is 39.0 Å². The van der Waals surface area contributed by atoms with Crippen LogP contribution in [-0.4, -0.2) is 20.6 Å². The molecule has 1 heterocycles. The molecule has 1 aromatic heterocycles. The fraction of sp³-hybridized carbons (Fsp3) is 0.231. The minimum Gasteiger partial charge on any atom is -0.495 e. The van der Waals surface area contributed by atoms with Gasteiger partial charge in [-0.25, -0.2) is 13.1 Å². The van der Waals surface area contributed by atoms with Crippen LogP contribution in [0.3, 0.4) is 0 Å². The molecule has 0 aliphatic heterocycles. The summed E-state index contributed by atoms with van der Waals surface area (Å²) in [5, 5.41) is 11.0. The smallest absolute Gasteiger partial charge is 0.244 e. The molecule has 0 saturated carbocycles. The Morgan fingerprint density at radius 3 is 2.71 bits per heavy atom. The van der Waals surface area contributed by atoms with Crippen LogP contribution in [0.2, 0.25) is 0 Å². The van der Waals surface area contributed by atoms with E-state index < -0.39 is 10.0 Å². The molecule has 2 N–H and O–H groups in total. The maximum absolute atomic E-state index is 12.3. The summed E-state index contributed by atoms with van der Waals surface area (Å²) in [6.07, 6.45) is 0. The normalized spacial score (nSPS) is 11.6. The predicted molar refractivity (Wildman–Crippen MR) is 85.0 cm³/mol. The second-order valence-corrected chi connectivity index (χ2v) is 7.85. The Balaban J connectivity index is 2.22. The highest BCUT2D eigenvalue weighted by Crippen LogP contribution is 2.26. The minimum atomic E-state index is -3.68. The Morgan fingerprint density at radius 2 is 2.14 bits per heavy atom. The molecule has 0 spiro atoms. The molecular weight excluding hydrogens is 378 g/mol. The number of aliphatic hydroxyl groups is 1. The van der Waals surface area contributed by atoms with Crippen molar-refractivity contribution in [3.63, 3.8) is 0 Å². The summed E-state index contributed by atoms with van der Waals surface area (Å²) in [7, 11) is -2.29. The Labute approximate surface area is 135 Å². The molecule has 0 amide bonds. The fourth-order valence-corrected chi connectivity index (χ4v) is 4.36. The molecule has 114 valence electrons. The lowest BCUT2D eigenvalue weighted by molar-refractivity contribution is 0.280. The van der Waals surface area contributed by atoms with Gasteiger partial charge in [-0.05, 0) is 39.7 Å². The van der Waals surface area contributed by atoms with Gasteiger partial charge in [0.1, 0.15) is 10.6 Å². The van der Waals surface area contributed by atoms with Crippen LogP contribution in [0.4, 0.5) is 0 Å². The van der Waals surface area contributed by atoms with E-state index in [0.29, 0.717) is 5.56 Å². The third kappa shape index (κ3) is 4.04. The summed E-state index contributed by atoms with van der Waals surface area (Å²) in [4.78, 5) is 0.953. The lowest BCUT2D eigenvalue weighted by Gasteiger charge is -2.11. The summed E-state index contributed by atoms with van der Waals surface area (Å²) in [6, 6.07) is 6.35. The molecule has 0 radical (unpaired) electrons. The zero-order valence-corrected chi connectivity index (χ0v) is 14.4. The molecule has 0 fully saturated rings. The molecule has 0 saturated heterocycles. The molecule has 21 heavy (non-hydrogen) atoms. The standard InChI is InChI=1S/C13H14BrNO4S2/c1-19-12-4-9(7-16)2-3-13(12)21(17,18)15-6-11-5-10(14)8-20-11/h2-5,8,15-16H,6-7H2,1H3. The summed E-state index contributed by atoms with van der Waals surface area (Å²) < 4.78 is 33.2. The molecule has 2 aromatic rings. The minimum absolute atomic E-state index is 0.0535. The molecule has 1 aromatic carbocycles. The fourth-order valence-electron chi connectivity index (χ4n) is 1.72. The van der Waals surface area contributed by atoms with Crippen molar-refractivity contribution in [3.05, 3.63) is 44.6 Å². The van der Waals surface area contributed by atoms with E-state index in [2.05, 4.69) is 20.7 Å². The summed E-state index contributed by atoms with van der Waals surface area (Å²) >= 11 is 4.79. The number of thiophene rings is 1. The molecule has 0 atom stereocenters. The van der Waals surface area contributed by atoms with Crippen LogP contribution in [0.5, 0.6) is 5.75 Å². The first kappa shape index (κ1) is 16.4. The first-order valence-corrected chi connectivity index (χ1v) is 9.12. The number of halogens is 1. The molecule has 2 rings (SSSR count). The molecule has 0 bridgehead atoms. The number of rotatable bonds is 6. The van der Waals surface area contributed by atoms with Crippen LogP contribution < -0.4 is 9.46 Å². The zero-order valence-electron chi connectivity index (χ0n) is 11.2. The summed E-state index contributed by atoms with van der Waals surface area (Å²) in [6.45, 7) is 0.0385. The van der Waals surface area contributed by atoms with Crippen molar-refractivity contribution in [1.29, 1.82) is 0 Å². The predicted octanol–water partition coefficient (Wildman–Crippen LogP) is 2.49. The molecular formula is C13H14BrNO4S2. The second-order valence-electron chi connectivity index (χ2n) is 4.20. The quantitative estimate of drug-likeness (QED) is 0.792. The maximum Gasteiger partial charge on any atom is 0.244 e. The maximum atomic E-state index is 12.3. The lowest BCUT2D eigenvalue weighted by atomic mass is 10.2. The average molecular weight is 392 g/mol. The number of nitrogens with one attached hydrogen (secondary N) is 1. The largest absolute Gasteiger partial charge is 0.495 e. The van der Waals surface area contributed by atoms with Crippen LogP contribution in [-0.2, 0) is 23.2 Å². The van der Waals surface area contributed by atoms with E-state index in [4.69, 9.17) is 9.84 Å². The van der Waals surface area contributed by atoms with Gasteiger partial charge in [-0.3, -0.25) is 0 Å². The van der Waals surface area contributed by atoms with E-state index in [1.165, 1.54) is 30.6 Å². The first-order chi connectivity index (χ1) is 9.96.